The summed E-state index contributed by atoms with van der Waals surface area (Å²) in [6.07, 6.45) is 2.66. The van der Waals surface area contributed by atoms with Gasteiger partial charge in [-0.2, -0.15) is 9.37 Å². The molecular weight excluding hydrogens is 559 g/mol. The van der Waals surface area contributed by atoms with Gasteiger partial charge in [0.05, 0.1) is 30.1 Å². The van der Waals surface area contributed by atoms with E-state index >= 15 is 4.39 Å². The number of phenolic OH excluding ortho intramolecular Hbond substituents is 2. The van der Waals surface area contributed by atoms with Crippen molar-refractivity contribution in [2.24, 2.45) is 0 Å². The van der Waals surface area contributed by atoms with E-state index in [0.717, 1.165) is 0 Å². The lowest BCUT2D eigenvalue weighted by Gasteiger charge is -2.35. The number of hydrogen-bond donors (Lipinski definition) is 6. The summed E-state index contributed by atoms with van der Waals surface area (Å²) in [5.74, 6) is -3.27. The average molecular weight is 587 g/mol. The molecule has 0 saturated carbocycles. The number of carboxylic acids is 1. The molecule has 16 nitrogen and oxygen atoms in total. The predicted octanol–water partition coefficient (Wildman–Crippen LogP) is 2.15. The maximum atomic E-state index is 15.4. The van der Waals surface area contributed by atoms with Crippen LogP contribution < -0.4 is 21.0 Å². The molecule has 222 valence electrons. The van der Waals surface area contributed by atoms with E-state index < -0.39 is 46.3 Å². The fourth-order valence-corrected chi connectivity index (χ4v) is 4.52. The van der Waals surface area contributed by atoms with Crippen LogP contribution in [-0.4, -0.2) is 93.0 Å². The van der Waals surface area contributed by atoms with Gasteiger partial charge in [-0.05, 0) is 25.3 Å². The third-order valence-electron chi connectivity index (χ3n) is 6.73. The van der Waals surface area contributed by atoms with E-state index in [0.29, 0.717) is 31.9 Å². The number of phenols is 2. The number of aromatic hydroxyl groups is 2. The van der Waals surface area contributed by atoms with Gasteiger partial charge in [-0.15, -0.1) is 0 Å². The van der Waals surface area contributed by atoms with Gasteiger partial charge in [-0.1, -0.05) is 0 Å². The number of nitrogens with one attached hydrogen (secondary N) is 3. The summed E-state index contributed by atoms with van der Waals surface area (Å²) in [5.41, 5.74) is 3.30. The lowest BCUT2D eigenvalue weighted by molar-refractivity contribution is -0.402. The molecule has 2 unspecified atom stereocenters. The maximum Gasteiger partial charge on any atom is 0.433 e. The first kappa shape index (κ1) is 28.4. The summed E-state index contributed by atoms with van der Waals surface area (Å²) in [7, 11) is 1.95. The summed E-state index contributed by atoms with van der Waals surface area (Å²) in [4.78, 5) is 39.9. The number of piperazine rings is 1. The van der Waals surface area contributed by atoms with E-state index in [1.165, 1.54) is 36.4 Å². The second kappa shape index (κ2) is 11.8. The number of furan rings is 1. The molecule has 4 heterocycles. The van der Waals surface area contributed by atoms with Gasteiger partial charge in [-0.25, -0.2) is 15.3 Å². The number of aromatic nitrogens is 2. The third-order valence-corrected chi connectivity index (χ3v) is 6.73. The van der Waals surface area contributed by atoms with Gasteiger partial charge in [0.15, 0.2) is 23.1 Å². The molecule has 2 atom stereocenters. The molecule has 42 heavy (non-hydrogen) atoms. The Kier molecular flexibility index (Phi) is 7.94. The maximum absolute atomic E-state index is 15.4. The summed E-state index contributed by atoms with van der Waals surface area (Å²) in [6.45, 7) is 2.05. The van der Waals surface area contributed by atoms with Crippen LogP contribution in [0.1, 0.15) is 11.6 Å². The molecule has 5 rings (SSSR count). The molecular formula is C25H27FN8O8. The minimum absolute atomic E-state index is 0.0178. The topological polar surface area (TPSA) is 212 Å². The molecule has 2 aromatic heterocycles. The van der Waals surface area contributed by atoms with Crippen LogP contribution in [-0.2, 0) is 9.63 Å². The number of carboxylic acid groups (broad SMARTS) is 1. The van der Waals surface area contributed by atoms with Crippen molar-refractivity contribution in [2.75, 3.05) is 60.8 Å². The van der Waals surface area contributed by atoms with Crippen molar-refractivity contribution >= 4 is 46.9 Å². The summed E-state index contributed by atoms with van der Waals surface area (Å²) in [5, 5.41) is 46.0. The number of anilines is 4. The average Bonchev–Trinajstić information content (AvgIpc) is 3.43. The number of nitro groups is 1. The Morgan fingerprint density at radius 1 is 1.19 bits per heavy atom. The van der Waals surface area contributed by atoms with Crippen LogP contribution in [0.15, 0.2) is 28.7 Å². The first-order chi connectivity index (χ1) is 20.1. The third kappa shape index (κ3) is 6.11. The van der Waals surface area contributed by atoms with Crippen LogP contribution >= 0.6 is 0 Å². The molecule has 2 aliphatic rings. The summed E-state index contributed by atoms with van der Waals surface area (Å²) < 4.78 is 20.5. The van der Waals surface area contributed by atoms with E-state index in [1.54, 1.807) is 4.90 Å². The monoisotopic (exact) mass is 586 g/mol. The molecule has 2 aliphatic heterocycles. The number of carbonyl (C=O) groups is 1. The van der Waals surface area contributed by atoms with E-state index in [2.05, 4.69) is 31.0 Å². The standard InChI is InChI=1S/C25H27FN8O8/c1-32-6-8-33(9-7-32)22-23(26)29-19(4-2-13-3-5-20(42-13)34(39)40)30-24(22)31-41-12-16-21(25(37)38)28-15-11-18(36)17(35)10-14(15)27-16/h2-5,10-11,16,21,27-28,35-36H,6-9,12H2,1H3,(H,37,38)(H,29,30,31)/b4-2+. The number of likely N-dealkylation sites (N-methyl/N-ethyl adjacent to an activating group) is 1. The number of hydrogen-bond acceptors (Lipinski definition) is 14. The largest absolute Gasteiger partial charge is 0.504 e. The summed E-state index contributed by atoms with van der Waals surface area (Å²) >= 11 is 0. The van der Waals surface area contributed by atoms with E-state index in [-0.39, 0.29) is 35.4 Å². The van der Waals surface area contributed by atoms with Crippen molar-refractivity contribution in [2.45, 2.75) is 12.1 Å². The van der Waals surface area contributed by atoms with E-state index in [9.17, 15) is 30.2 Å². The number of benzene rings is 1. The van der Waals surface area contributed by atoms with Crippen molar-refractivity contribution in [3.63, 3.8) is 0 Å². The van der Waals surface area contributed by atoms with Gasteiger partial charge >= 0.3 is 11.9 Å². The molecule has 0 aliphatic carbocycles. The molecule has 1 saturated heterocycles. The number of fused-ring (bicyclic) bond motifs is 1. The predicted molar refractivity (Wildman–Crippen MR) is 148 cm³/mol. The number of rotatable bonds is 9. The van der Waals surface area contributed by atoms with Gasteiger partial charge in [-0.3, -0.25) is 15.0 Å². The molecule has 0 bridgehead atoms. The molecule has 6 N–H and O–H groups in total. The first-order valence-electron chi connectivity index (χ1n) is 12.7. The van der Waals surface area contributed by atoms with E-state index in [4.69, 9.17) is 9.25 Å². The molecule has 3 aromatic rings. The van der Waals surface area contributed by atoms with Crippen LogP contribution in [0.2, 0.25) is 0 Å². The van der Waals surface area contributed by atoms with Gasteiger partial charge in [0, 0.05) is 38.3 Å². The van der Waals surface area contributed by atoms with Crippen LogP contribution in [0.25, 0.3) is 12.2 Å². The minimum atomic E-state index is -1.20. The number of aliphatic carboxylic acids is 1. The molecule has 0 spiro atoms. The quantitative estimate of drug-likeness (QED) is 0.0697. The highest BCUT2D eigenvalue weighted by molar-refractivity contribution is 5.86. The Morgan fingerprint density at radius 2 is 1.88 bits per heavy atom. The Labute approximate surface area is 237 Å². The van der Waals surface area contributed by atoms with Gasteiger partial charge < -0.3 is 40.2 Å². The summed E-state index contributed by atoms with van der Waals surface area (Å²) in [6, 6.07) is 2.95. The van der Waals surface area contributed by atoms with Gasteiger partial charge in [0.2, 0.25) is 5.95 Å². The highest BCUT2D eigenvalue weighted by Gasteiger charge is 2.34. The molecule has 17 heteroatoms. The molecule has 0 amide bonds. The van der Waals surface area contributed by atoms with Crippen LogP contribution in [0, 0.1) is 16.1 Å². The second-order valence-electron chi connectivity index (χ2n) is 9.64. The second-order valence-corrected chi connectivity index (χ2v) is 9.64. The Balaban J connectivity index is 1.37. The van der Waals surface area contributed by atoms with Crippen molar-refractivity contribution in [1.29, 1.82) is 0 Å². The van der Waals surface area contributed by atoms with Crippen molar-refractivity contribution in [1.82, 2.24) is 14.9 Å². The normalized spacial score (nSPS) is 18.8. The zero-order chi connectivity index (χ0) is 30.0. The Bertz CT molecular complexity index is 1520. The minimum Gasteiger partial charge on any atom is -0.504 e. The number of halogens is 1. The highest BCUT2D eigenvalue weighted by atomic mass is 19.1. The van der Waals surface area contributed by atoms with Crippen molar-refractivity contribution in [3.8, 4) is 11.5 Å². The zero-order valence-electron chi connectivity index (χ0n) is 22.2. The van der Waals surface area contributed by atoms with Crippen molar-refractivity contribution < 1.29 is 38.7 Å². The van der Waals surface area contributed by atoms with Gasteiger partial charge in [0.25, 0.3) is 0 Å². The van der Waals surface area contributed by atoms with Gasteiger partial charge in [0.1, 0.15) is 22.4 Å². The van der Waals surface area contributed by atoms with E-state index in [1.807, 2.05) is 7.05 Å². The van der Waals surface area contributed by atoms with Crippen LogP contribution in [0.5, 0.6) is 11.5 Å². The lowest BCUT2D eigenvalue weighted by Crippen LogP contribution is -2.50. The molecule has 1 fully saturated rings. The first-order valence-corrected chi connectivity index (χ1v) is 12.7. The molecule has 1 aromatic carbocycles. The Hall–Kier alpha value is -5.16. The zero-order valence-corrected chi connectivity index (χ0v) is 22.2. The van der Waals surface area contributed by atoms with Crippen molar-refractivity contribution in [3.05, 3.63) is 51.9 Å². The Morgan fingerprint density at radius 3 is 2.52 bits per heavy atom. The fraction of sp³-hybridized carbons (Fsp3) is 0.320. The lowest BCUT2D eigenvalue weighted by atomic mass is 10.0. The smallest absolute Gasteiger partial charge is 0.433 e. The van der Waals surface area contributed by atoms with Crippen LogP contribution in [0.4, 0.5) is 33.2 Å². The number of nitrogens with zero attached hydrogens (tertiary/aromatic N) is 5. The van der Waals surface area contributed by atoms with Crippen LogP contribution in [0.3, 0.4) is 0 Å². The highest BCUT2D eigenvalue weighted by Crippen LogP contribution is 2.38. The fourth-order valence-electron chi connectivity index (χ4n) is 4.52. The molecule has 0 radical (unpaired) electrons. The SMILES string of the molecule is CN1CCN(c2c(F)nc(/C=C/c3ccc([N+](=O)[O-])o3)nc2NOCC2Nc3cc(O)c(O)cc3NC2C(=O)O)CC1.